The molecule has 2 atom stereocenters. The summed E-state index contributed by atoms with van der Waals surface area (Å²) in [5.41, 5.74) is 3.38. The van der Waals surface area contributed by atoms with Gasteiger partial charge in [0.25, 0.3) is 0 Å². The minimum Gasteiger partial charge on any atom is -0.760 e. The molecule has 1 aromatic carbocycles. The van der Waals surface area contributed by atoms with E-state index in [1.165, 1.54) is 12.1 Å². The molecule has 0 bridgehead atoms. The molecule has 0 fully saturated rings. The van der Waals surface area contributed by atoms with Crippen molar-refractivity contribution in [3.8, 4) is 0 Å². The Morgan fingerprint density at radius 2 is 1.53 bits per heavy atom. The van der Waals surface area contributed by atoms with Crippen LogP contribution < -0.4 is 4.72 Å². The van der Waals surface area contributed by atoms with Gasteiger partial charge in [0.05, 0.1) is 12.2 Å². The third-order valence-corrected chi connectivity index (χ3v) is 5.42. The number of nitrogens with one attached hydrogen (secondary N) is 1. The highest BCUT2D eigenvalue weighted by molar-refractivity contribution is 7.77. The summed E-state index contributed by atoms with van der Waals surface area (Å²) in [4.78, 5) is 17.4. The number of hydrogen-bond acceptors (Lipinski definition) is 6. The largest absolute Gasteiger partial charge is 0.760 e. The Balaban J connectivity index is 1.87. The van der Waals surface area contributed by atoms with Gasteiger partial charge in [0.2, 0.25) is 0 Å². The quantitative estimate of drug-likeness (QED) is 0.415. The molecule has 0 aliphatic rings. The summed E-state index contributed by atoms with van der Waals surface area (Å²) in [5, 5.41) is 0. The molecule has 4 rings (SSSR count). The Kier molecular flexibility index (Phi) is 7.00. The summed E-state index contributed by atoms with van der Waals surface area (Å²) in [6.45, 7) is -0.0372. The van der Waals surface area contributed by atoms with Gasteiger partial charge in [0.15, 0.2) is 0 Å². The third kappa shape index (κ3) is 5.25. The highest BCUT2D eigenvalue weighted by atomic mass is 32.2. The molecule has 0 aliphatic heterocycles. The van der Waals surface area contributed by atoms with Crippen LogP contribution in [0.15, 0.2) is 85.6 Å². The summed E-state index contributed by atoms with van der Waals surface area (Å²) >= 11 is -2.43. The average Bonchev–Trinajstić information content (AvgIpc) is 2.83. The lowest BCUT2D eigenvalue weighted by atomic mass is 9.76. The zero-order valence-electron chi connectivity index (χ0n) is 16.8. The second-order valence-corrected chi connectivity index (χ2v) is 7.79. The van der Waals surface area contributed by atoms with E-state index in [4.69, 9.17) is 0 Å². The Hall–Kier alpha value is -3.40. The molecule has 9 heteroatoms. The molecular weight excluding hydrogens is 429 g/mol. The van der Waals surface area contributed by atoms with Crippen LogP contribution in [0.25, 0.3) is 0 Å². The molecule has 7 nitrogen and oxygen atoms in total. The van der Waals surface area contributed by atoms with E-state index in [-0.39, 0.29) is 24.2 Å². The van der Waals surface area contributed by atoms with Crippen LogP contribution in [0, 0.1) is 5.82 Å². The van der Waals surface area contributed by atoms with Crippen LogP contribution in [0.3, 0.4) is 0 Å². The smallest absolute Gasteiger partial charge is 0.143 e. The van der Waals surface area contributed by atoms with E-state index in [2.05, 4.69) is 24.7 Å². The van der Waals surface area contributed by atoms with E-state index < -0.39 is 11.3 Å². The lowest BCUT2D eigenvalue weighted by Gasteiger charge is -2.28. The molecule has 162 valence electrons. The second kappa shape index (κ2) is 10.3. The number of benzene rings is 1. The molecule has 32 heavy (non-hydrogen) atoms. The van der Waals surface area contributed by atoms with E-state index in [9.17, 15) is 13.2 Å². The summed E-state index contributed by atoms with van der Waals surface area (Å²) in [6.07, 6.45) is 8.58. The standard InChI is InChI=1S/C23H20FN5O2S/c24-19-7-5-16(6-8-19)23(20-9-12-27-21(29-20)15-28-32(30)31)22(17-3-1-10-25-13-17)18-4-2-11-26-14-18/h1-14,22-23,28H,15H2,(H,30,31)/p-1. The van der Waals surface area contributed by atoms with Crippen LogP contribution in [-0.2, 0) is 17.8 Å². The molecule has 0 saturated carbocycles. The molecule has 4 aromatic rings. The Bertz CT molecular complexity index is 1140. The Labute approximate surface area is 187 Å². The first-order valence-electron chi connectivity index (χ1n) is 9.81. The van der Waals surface area contributed by atoms with Crippen LogP contribution in [0.2, 0.25) is 0 Å². The fraction of sp³-hybridized carbons (Fsp3) is 0.130. The number of rotatable bonds is 8. The normalized spacial score (nSPS) is 13.1. The van der Waals surface area contributed by atoms with Gasteiger partial charge in [-0.25, -0.2) is 19.1 Å². The van der Waals surface area contributed by atoms with Crippen LogP contribution in [-0.4, -0.2) is 28.7 Å². The van der Waals surface area contributed by atoms with Crippen molar-refractivity contribution in [2.75, 3.05) is 0 Å². The Morgan fingerprint density at radius 1 is 0.875 bits per heavy atom. The van der Waals surface area contributed by atoms with E-state index in [1.54, 1.807) is 49.2 Å². The maximum Gasteiger partial charge on any atom is 0.143 e. The van der Waals surface area contributed by atoms with Crippen molar-refractivity contribution >= 4 is 11.3 Å². The summed E-state index contributed by atoms with van der Waals surface area (Å²) in [7, 11) is 0. The molecule has 2 unspecified atom stereocenters. The molecule has 3 aromatic heterocycles. The van der Waals surface area contributed by atoms with Gasteiger partial charge in [-0.2, -0.15) is 0 Å². The minimum atomic E-state index is -2.43. The van der Waals surface area contributed by atoms with E-state index in [1.807, 2.05) is 24.3 Å². The molecule has 3 heterocycles. The lowest BCUT2D eigenvalue weighted by molar-refractivity contribution is 0.520. The van der Waals surface area contributed by atoms with Crippen molar-refractivity contribution in [2.24, 2.45) is 0 Å². The van der Waals surface area contributed by atoms with E-state index in [0.29, 0.717) is 11.5 Å². The van der Waals surface area contributed by atoms with Crippen LogP contribution in [0.5, 0.6) is 0 Å². The second-order valence-electron chi connectivity index (χ2n) is 7.03. The minimum absolute atomic E-state index is 0.0372. The topological polar surface area (TPSA) is 104 Å². The third-order valence-electron chi connectivity index (χ3n) is 5.04. The van der Waals surface area contributed by atoms with Crippen molar-refractivity contribution < 1.29 is 13.2 Å². The van der Waals surface area contributed by atoms with Gasteiger partial charge in [-0.05, 0) is 47.0 Å². The molecule has 1 N–H and O–H groups in total. The maximum atomic E-state index is 13.7. The van der Waals surface area contributed by atoms with Crippen molar-refractivity contribution in [1.82, 2.24) is 24.7 Å². The first-order valence-corrected chi connectivity index (χ1v) is 10.9. The lowest BCUT2D eigenvalue weighted by Crippen LogP contribution is -2.20. The van der Waals surface area contributed by atoms with Crippen LogP contribution in [0.4, 0.5) is 4.39 Å². The van der Waals surface area contributed by atoms with Gasteiger partial charge in [0.1, 0.15) is 11.6 Å². The van der Waals surface area contributed by atoms with Crippen molar-refractivity contribution in [3.63, 3.8) is 0 Å². The van der Waals surface area contributed by atoms with Crippen LogP contribution >= 0.6 is 0 Å². The molecule has 0 radical (unpaired) electrons. The van der Waals surface area contributed by atoms with Crippen molar-refractivity contribution in [2.45, 2.75) is 18.4 Å². The maximum absolute atomic E-state index is 13.7. The number of hydrogen-bond donors (Lipinski definition) is 1. The first kappa shape index (κ1) is 21.8. The SMILES string of the molecule is O=S([O-])NCc1nccc(C(c2ccc(F)cc2)C(c2cccnc2)c2cccnc2)n1. The molecule has 0 spiro atoms. The predicted molar refractivity (Wildman–Crippen MR) is 116 cm³/mol. The van der Waals surface area contributed by atoms with E-state index in [0.717, 1.165) is 16.7 Å². The number of pyridine rings is 2. The average molecular weight is 449 g/mol. The number of halogens is 1. The van der Waals surface area contributed by atoms with Gasteiger partial charge < -0.3 is 4.55 Å². The summed E-state index contributed by atoms with van der Waals surface area (Å²) < 4.78 is 37.8. The number of nitrogens with zero attached hydrogens (tertiary/aromatic N) is 4. The van der Waals surface area contributed by atoms with Gasteiger partial charge in [-0.1, -0.05) is 24.3 Å². The molecule has 0 amide bonds. The predicted octanol–water partition coefficient (Wildman–Crippen LogP) is 3.25. The van der Waals surface area contributed by atoms with E-state index >= 15 is 0 Å². The Morgan fingerprint density at radius 3 is 2.09 bits per heavy atom. The van der Waals surface area contributed by atoms with Crippen molar-refractivity contribution in [3.05, 3.63) is 120 Å². The fourth-order valence-corrected chi connectivity index (χ4v) is 3.94. The molecular formula is C23H19FN5O2S-. The summed E-state index contributed by atoms with van der Waals surface area (Å²) in [6, 6.07) is 15.7. The highest BCUT2D eigenvalue weighted by Crippen LogP contribution is 2.41. The van der Waals surface area contributed by atoms with Crippen LogP contribution in [0.1, 0.15) is 40.0 Å². The van der Waals surface area contributed by atoms with Gasteiger partial charge in [-0.3, -0.25) is 14.2 Å². The zero-order chi connectivity index (χ0) is 22.3. The fourth-order valence-electron chi connectivity index (χ4n) is 3.70. The summed E-state index contributed by atoms with van der Waals surface area (Å²) in [5.74, 6) is -0.567. The first-order chi connectivity index (χ1) is 15.6. The monoisotopic (exact) mass is 448 g/mol. The number of aromatic nitrogens is 4. The van der Waals surface area contributed by atoms with Gasteiger partial charge in [0, 0.05) is 54.1 Å². The molecule has 0 aliphatic carbocycles. The van der Waals surface area contributed by atoms with Gasteiger partial charge >= 0.3 is 0 Å². The zero-order valence-corrected chi connectivity index (χ0v) is 17.7. The highest BCUT2D eigenvalue weighted by Gasteiger charge is 2.30. The van der Waals surface area contributed by atoms with Gasteiger partial charge in [-0.15, -0.1) is 0 Å². The van der Waals surface area contributed by atoms with Crippen molar-refractivity contribution in [1.29, 1.82) is 0 Å². The molecule has 0 saturated heterocycles.